The zero-order valence-electron chi connectivity index (χ0n) is 13.7. The van der Waals surface area contributed by atoms with Gasteiger partial charge in [0.2, 0.25) is 0 Å². The lowest BCUT2D eigenvalue weighted by Crippen LogP contribution is -2.27. The molecule has 24 heavy (non-hydrogen) atoms. The molecule has 6 nitrogen and oxygen atoms in total. The first-order valence-corrected chi connectivity index (χ1v) is 8.73. The van der Waals surface area contributed by atoms with Crippen LogP contribution < -0.4 is 10.5 Å². The zero-order chi connectivity index (χ0) is 16.7. The minimum atomic E-state index is 0.421. The Morgan fingerprint density at radius 1 is 1.38 bits per heavy atom. The van der Waals surface area contributed by atoms with Crippen LogP contribution >= 0.6 is 11.6 Å². The molecule has 2 aromatic rings. The lowest BCUT2D eigenvalue weighted by Gasteiger charge is -2.18. The van der Waals surface area contributed by atoms with Crippen molar-refractivity contribution < 1.29 is 9.26 Å². The highest BCUT2D eigenvalue weighted by atomic mass is 35.5. The van der Waals surface area contributed by atoms with E-state index < -0.39 is 0 Å². The quantitative estimate of drug-likeness (QED) is 0.856. The Morgan fingerprint density at radius 2 is 2.25 bits per heavy atom. The Morgan fingerprint density at radius 3 is 3.08 bits per heavy atom. The second-order valence-corrected chi connectivity index (χ2v) is 7.00. The number of rotatable bonds is 4. The van der Waals surface area contributed by atoms with Crippen LogP contribution in [0.25, 0.3) is 11.5 Å². The molecular formula is C17H21ClN4O2. The van der Waals surface area contributed by atoms with Crippen molar-refractivity contribution in [2.45, 2.75) is 31.7 Å². The van der Waals surface area contributed by atoms with Crippen LogP contribution in [0.4, 0.5) is 5.69 Å². The van der Waals surface area contributed by atoms with E-state index in [1.54, 1.807) is 19.2 Å². The SMILES string of the molecule is COc1cc(N)c(Cl)cc1-c1nc(CC2CCN3CCCC23)no1. The third-order valence-corrected chi connectivity index (χ3v) is 5.53. The first kappa shape index (κ1) is 15.7. The van der Waals surface area contributed by atoms with Crippen molar-refractivity contribution >= 4 is 17.3 Å². The summed E-state index contributed by atoms with van der Waals surface area (Å²) in [6.45, 7) is 2.43. The van der Waals surface area contributed by atoms with Gasteiger partial charge < -0.3 is 19.9 Å². The Kier molecular flexibility index (Phi) is 4.10. The van der Waals surface area contributed by atoms with Crippen molar-refractivity contribution in [2.75, 3.05) is 25.9 Å². The number of hydrogen-bond donors (Lipinski definition) is 1. The van der Waals surface area contributed by atoms with Crippen LogP contribution in [-0.4, -0.2) is 41.3 Å². The van der Waals surface area contributed by atoms with Crippen molar-refractivity contribution in [1.82, 2.24) is 15.0 Å². The number of anilines is 1. The van der Waals surface area contributed by atoms with Crippen LogP contribution in [0.2, 0.25) is 5.02 Å². The number of benzene rings is 1. The molecule has 0 saturated carbocycles. The van der Waals surface area contributed by atoms with Crippen molar-refractivity contribution in [2.24, 2.45) is 5.92 Å². The number of halogens is 1. The predicted octanol–water partition coefficient (Wildman–Crippen LogP) is 3.01. The van der Waals surface area contributed by atoms with Gasteiger partial charge in [0.25, 0.3) is 5.89 Å². The molecule has 2 unspecified atom stereocenters. The van der Waals surface area contributed by atoms with Gasteiger partial charge in [-0.25, -0.2) is 0 Å². The molecule has 4 rings (SSSR count). The van der Waals surface area contributed by atoms with Gasteiger partial charge in [0.1, 0.15) is 5.75 Å². The lowest BCUT2D eigenvalue weighted by atomic mass is 9.95. The van der Waals surface area contributed by atoms with Crippen molar-refractivity contribution in [1.29, 1.82) is 0 Å². The Labute approximate surface area is 145 Å². The molecule has 2 saturated heterocycles. The molecule has 0 amide bonds. The molecule has 0 spiro atoms. The monoisotopic (exact) mass is 348 g/mol. The minimum Gasteiger partial charge on any atom is -0.496 e. The molecule has 2 aliphatic rings. The van der Waals surface area contributed by atoms with Crippen molar-refractivity contribution in [3.8, 4) is 17.2 Å². The second kappa shape index (κ2) is 6.26. The average Bonchev–Trinajstić information content (AvgIpc) is 3.28. The minimum absolute atomic E-state index is 0.421. The van der Waals surface area contributed by atoms with E-state index in [1.165, 1.54) is 32.4 Å². The maximum atomic E-state index is 6.12. The number of ether oxygens (including phenoxy) is 1. The molecular weight excluding hydrogens is 328 g/mol. The predicted molar refractivity (Wildman–Crippen MR) is 92.1 cm³/mol. The van der Waals surface area contributed by atoms with E-state index in [0.29, 0.717) is 39.9 Å². The van der Waals surface area contributed by atoms with Crippen LogP contribution in [-0.2, 0) is 6.42 Å². The van der Waals surface area contributed by atoms with Gasteiger partial charge in [0.05, 0.1) is 23.4 Å². The number of nitrogens with zero attached hydrogens (tertiary/aromatic N) is 3. The molecule has 1 aromatic heterocycles. The van der Waals surface area contributed by atoms with E-state index in [2.05, 4.69) is 15.0 Å². The van der Waals surface area contributed by atoms with E-state index in [-0.39, 0.29) is 0 Å². The van der Waals surface area contributed by atoms with Gasteiger partial charge >= 0.3 is 0 Å². The van der Waals surface area contributed by atoms with Gasteiger partial charge in [-0.1, -0.05) is 16.8 Å². The highest BCUT2D eigenvalue weighted by Crippen LogP contribution is 2.37. The highest BCUT2D eigenvalue weighted by molar-refractivity contribution is 6.33. The van der Waals surface area contributed by atoms with Gasteiger partial charge in [-0.15, -0.1) is 0 Å². The zero-order valence-corrected chi connectivity index (χ0v) is 14.4. The van der Waals surface area contributed by atoms with Gasteiger partial charge in [0.15, 0.2) is 5.82 Å². The molecule has 2 fully saturated rings. The van der Waals surface area contributed by atoms with Gasteiger partial charge in [-0.05, 0) is 44.3 Å². The number of nitrogens with two attached hydrogens (primary N) is 1. The summed E-state index contributed by atoms with van der Waals surface area (Å²) >= 11 is 6.12. The molecule has 7 heteroatoms. The smallest absolute Gasteiger partial charge is 0.261 e. The lowest BCUT2D eigenvalue weighted by molar-refractivity contribution is 0.287. The molecule has 128 valence electrons. The summed E-state index contributed by atoms with van der Waals surface area (Å²) in [6, 6.07) is 4.07. The molecule has 0 aliphatic carbocycles. The highest BCUT2D eigenvalue weighted by Gasteiger charge is 2.37. The molecule has 3 heterocycles. The van der Waals surface area contributed by atoms with Crippen LogP contribution in [0, 0.1) is 5.92 Å². The van der Waals surface area contributed by atoms with E-state index in [0.717, 1.165) is 12.2 Å². The molecule has 2 N–H and O–H groups in total. The van der Waals surface area contributed by atoms with Crippen LogP contribution in [0.1, 0.15) is 25.1 Å². The van der Waals surface area contributed by atoms with Crippen LogP contribution in [0.3, 0.4) is 0 Å². The second-order valence-electron chi connectivity index (χ2n) is 6.59. The summed E-state index contributed by atoms with van der Waals surface area (Å²) in [5, 5.41) is 4.61. The van der Waals surface area contributed by atoms with E-state index in [9.17, 15) is 0 Å². The molecule has 0 bridgehead atoms. The maximum absolute atomic E-state index is 6.12. The fraction of sp³-hybridized carbons (Fsp3) is 0.529. The number of aromatic nitrogens is 2. The summed E-state index contributed by atoms with van der Waals surface area (Å²) in [5.74, 6) is 2.37. The summed E-state index contributed by atoms with van der Waals surface area (Å²) < 4.78 is 10.8. The maximum Gasteiger partial charge on any atom is 0.261 e. The fourth-order valence-corrected chi connectivity index (χ4v) is 4.18. The number of fused-ring (bicyclic) bond motifs is 1. The van der Waals surface area contributed by atoms with E-state index in [1.807, 2.05) is 0 Å². The largest absolute Gasteiger partial charge is 0.496 e. The Balaban J connectivity index is 1.56. The summed E-state index contributed by atoms with van der Waals surface area (Å²) in [6.07, 6.45) is 4.66. The summed E-state index contributed by atoms with van der Waals surface area (Å²) in [5.41, 5.74) is 6.96. The van der Waals surface area contributed by atoms with Crippen LogP contribution in [0.15, 0.2) is 16.7 Å². The molecule has 0 radical (unpaired) electrons. The Bertz CT molecular complexity index is 748. The normalized spacial score (nSPS) is 23.6. The van der Waals surface area contributed by atoms with Gasteiger partial charge in [0, 0.05) is 18.5 Å². The Hall–Kier alpha value is -1.79. The third-order valence-electron chi connectivity index (χ3n) is 5.21. The van der Waals surface area contributed by atoms with E-state index in [4.69, 9.17) is 26.6 Å². The van der Waals surface area contributed by atoms with Crippen molar-refractivity contribution in [3.63, 3.8) is 0 Å². The number of hydrogen-bond acceptors (Lipinski definition) is 6. The summed E-state index contributed by atoms with van der Waals surface area (Å²) in [7, 11) is 1.58. The average molecular weight is 349 g/mol. The molecule has 2 atom stereocenters. The van der Waals surface area contributed by atoms with Crippen molar-refractivity contribution in [3.05, 3.63) is 23.0 Å². The third kappa shape index (κ3) is 2.74. The van der Waals surface area contributed by atoms with Crippen LogP contribution in [0.5, 0.6) is 5.75 Å². The topological polar surface area (TPSA) is 77.4 Å². The number of methoxy groups -OCH3 is 1. The summed E-state index contributed by atoms with van der Waals surface area (Å²) in [4.78, 5) is 7.15. The standard InChI is InChI=1S/C17H21ClN4O2/c1-23-15-9-13(19)12(18)8-11(15)17-20-16(21-24-17)7-10-4-6-22-5-2-3-14(10)22/h8-10,14H,2-7,19H2,1H3. The fourth-order valence-electron chi connectivity index (χ4n) is 4.01. The first-order chi connectivity index (χ1) is 11.7. The number of nitrogen functional groups attached to an aromatic ring is 1. The van der Waals surface area contributed by atoms with Gasteiger partial charge in [-0.2, -0.15) is 4.98 Å². The molecule has 1 aromatic carbocycles. The van der Waals surface area contributed by atoms with Gasteiger partial charge in [-0.3, -0.25) is 0 Å². The molecule has 2 aliphatic heterocycles. The van der Waals surface area contributed by atoms with E-state index >= 15 is 0 Å². The first-order valence-electron chi connectivity index (χ1n) is 8.35.